The Bertz CT molecular complexity index is 546. The summed E-state index contributed by atoms with van der Waals surface area (Å²) in [7, 11) is 1.71. The van der Waals surface area contributed by atoms with Gasteiger partial charge >= 0.3 is 5.97 Å². The number of Topliss-reactive ketones (excluding diaryl/α,β-unsaturated/α-hetero) is 1. The van der Waals surface area contributed by atoms with Gasteiger partial charge < -0.3 is 4.74 Å². The molecule has 1 fully saturated rings. The van der Waals surface area contributed by atoms with Crippen LogP contribution in [-0.2, 0) is 19.9 Å². The molecule has 1 saturated heterocycles. The lowest BCUT2D eigenvalue weighted by Gasteiger charge is -2.31. The molecular weight excluding hydrogens is 261 g/mol. The van der Waals surface area contributed by atoms with Crippen molar-refractivity contribution in [1.82, 2.24) is 4.90 Å². The maximum absolute atomic E-state index is 14.0. The van der Waals surface area contributed by atoms with E-state index < -0.39 is 23.2 Å². The van der Waals surface area contributed by atoms with Gasteiger partial charge in [-0.15, -0.1) is 0 Å². The molecule has 5 heteroatoms. The van der Waals surface area contributed by atoms with Crippen molar-refractivity contribution in [2.75, 3.05) is 20.2 Å². The molecule has 108 valence electrons. The van der Waals surface area contributed by atoms with Gasteiger partial charge in [-0.3, -0.25) is 14.5 Å². The largest absolute Gasteiger partial charge is 0.465 e. The van der Waals surface area contributed by atoms with E-state index in [0.717, 1.165) is 0 Å². The van der Waals surface area contributed by atoms with Crippen LogP contribution in [0.25, 0.3) is 0 Å². The number of nitrogens with zero attached hydrogens (tertiary/aromatic N) is 1. The number of hydrogen-bond donors (Lipinski definition) is 0. The van der Waals surface area contributed by atoms with E-state index in [1.165, 1.54) is 6.07 Å². The van der Waals surface area contributed by atoms with Crippen molar-refractivity contribution in [2.45, 2.75) is 19.4 Å². The number of carbonyl (C=O) groups is 2. The van der Waals surface area contributed by atoms with Crippen LogP contribution in [0.15, 0.2) is 24.3 Å². The molecule has 1 aliphatic rings. The lowest BCUT2D eigenvalue weighted by Crippen LogP contribution is -2.42. The Kier molecular flexibility index (Phi) is 3.90. The lowest BCUT2D eigenvalue weighted by molar-refractivity contribution is -0.150. The second-order valence-electron chi connectivity index (χ2n) is 5.10. The van der Waals surface area contributed by atoms with Crippen molar-refractivity contribution in [2.24, 2.45) is 5.92 Å². The molecule has 2 rings (SSSR count). The third-order valence-corrected chi connectivity index (χ3v) is 3.99. The minimum Gasteiger partial charge on any atom is -0.465 e. The van der Waals surface area contributed by atoms with E-state index in [-0.39, 0.29) is 18.9 Å². The van der Waals surface area contributed by atoms with Gasteiger partial charge in [-0.2, -0.15) is 0 Å². The molecule has 0 aliphatic carbocycles. The average molecular weight is 279 g/mol. The first kappa shape index (κ1) is 14.7. The van der Waals surface area contributed by atoms with Crippen LogP contribution in [0, 0.1) is 11.7 Å². The minimum absolute atomic E-state index is 0.225. The van der Waals surface area contributed by atoms with Crippen LogP contribution in [0.2, 0.25) is 0 Å². The predicted octanol–water partition coefficient (Wildman–Crippen LogP) is 1.73. The van der Waals surface area contributed by atoms with Crippen molar-refractivity contribution in [3.05, 3.63) is 35.6 Å². The lowest BCUT2D eigenvalue weighted by atomic mass is 9.85. The molecule has 0 aromatic heterocycles. The summed E-state index contributed by atoms with van der Waals surface area (Å²) in [6.45, 7) is 3.80. The number of halogens is 1. The molecule has 1 heterocycles. The standard InChI is InChI=1S/C15H18FNO3/c1-4-20-14(19)10-9-17(3)15(2,13(10)18)11-7-5-6-8-12(11)16/h5-8,10H,4,9H2,1-3H3. The van der Waals surface area contributed by atoms with Crippen LogP contribution in [0.4, 0.5) is 4.39 Å². The van der Waals surface area contributed by atoms with Gasteiger partial charge in [-0.1, -0.05) is 18.2 Å². The average Bonchev–Trinajstić information content (AvgIpc) is 2.65. The number of ketones is 1. The van der Waals surface area contributed by atoms with Crippen molar-refractivity contribution in [3.63, 3.8) is 0 Å². The fourth-order valence-corrected chi connectivity index (χ4v) is 2.69. The third kappa shape index (κ3) is 2.12. The van der Waals surface area contributed by atoms with E-state index in [1.807, 2.05) is 0 Å². The van der Waals surface area contributed by atoms with Gasteiger partial charge in [0.2, 0.25) is 0 Å². The number of hydrogen-bond acceptors (Lipinski definition) is 4. The monoisotopic (exact) mass is 279 g/mol. The number of rotatable bonds is 3. The summed E-state index contributed by atoms with van der Waals surface area (Å²) in [5.41, 5.74) is -0.845. The molecule has 2 unspecified atom stereocenters. The molecule has 2 atom stereocenters. The Hall–Kier alpha value is -1.75. The third-order valence-electron chi connectivity index (χ3n) is 3.99. The first-order valence-electron chi connectivity index (χ1n) is 6.60. The highest BCUT2D eigenvalue weighted by Gasteiger charge is 2.53. The van der Waals surface area contributed by atoms with E-state index in [1.54, 1.807) is 44.0 Å². The molecule has 1 aliphatic heterocycles. The molecule has 0 spiro atoms. The summed E-state index contributed by atoms with van der Waals surface area (Å²) < 4.78 is 18.9. The molecule has 1 aromatic carbocycles. The fraction of sp³-hybridized carbons (Fsp3) is 0.467. The molecule has 0 N–H and O–H groups in total. The van der Waals surface area contributed by atoms with Gasteiger partial charge in [0, 0.05) is 12.1 Å². The van der Waals surface area contributed by atoms with Gasteiger partial charge in [0.25, 0.3) is 0 Å². The van der Waals surface area contributed by atoms with Gasteiger partial charge in [0.15, 0.2) is 5.78 Å². The Morgan fingerprint density at radius 2 is 2.15 bits per heavy atom. The fourth-order valence-electron chi connectivity index (χ4n) is 2.69. The zero-order valence-electron chi connectivity index (χ0n) is 11.9. The molecule has 0 saturated carbocycles. The number of likely N-dealkylation sites (tertiary alicyclic amines) is 1. The van der Waals surface area contributed by atoms with E-state index in [4.69, 9.17) is 4.74 Å². The van der Waals surface area contributed by atoms with Crippen molar-refractivity contribution >= 4 is 11.8 Å². The topological polar surface area (TPSA) is 46.6 Å². The highest BCUT2D eigenvalue weighted by atomic mass is 19.1. The summed E-state index contributed by atoms with van der Waals surface area (Å²) in [5.74, 6) is -2.16. The van der Waals surface area contributed by atoms with Crippen LogP contribution >= 0.6 is 0 Å². The van der Waals surface area contributed by atoms with E-state index in [2.05, 4.69) is 0 Å². The molecule has 20 heavy (non-hydrogen) atoms. The number of esters is 1. The van der Waals surface area contributed by atoms with Crippen molar-refractivity contribution < 1.29 is 18.7 Å². The number of benzene rings is 1. The molecule has 0 bridgehead atoms. The van der Waals surface area contributed by atoms with Crippen LogP contribution in [0.1, 0.15) is 19.4 Å². The second kappa shape index (κ2) is 5.32. The zero-order chi connectivity index (χ0) is 14.9. The van der Waals surface area contributed by atoms with Crippen LogP contribution in [0.3, 0.4) is 0 Å². The van der Waals surface area contributed by atoms with E-state index in [9.17, 15) is 14.0 Å². The summed E-state index contributed by atoms with van der Waals surface area (Å²) in [6, 6.07) is 6.16. The number of likely N-dealkylation sites (N-methyl/N-ethyl adjacent to an activating group) is 1. The maximum Gasteiger partial charge on any atom is 0.317 e. The summed E-state index contributed by atoms with van der Waals surface area (Å²) in [4.78, 5) is 26.1. The van der Waals surface area contributed by atoms with Crippen LogP contribution in [-0.4, -0.2) is 36.9 Å². The molecular formula is C15H18FNO3. The predicted molar refractivity (Wildman–Crippen MR) is 71.5 cm³/mol. The smallest absolute Gasteiger partial charge is 0.317 e. The van der Waals surface area contributed by atoms with Gasteiger partial charge in [0.05, 0.1) is 6.61 Å². The summed E-state index contributed by atoms with van der Waals surface area (Å²) in [6.07, 6.45) is 0. The van der Waals surface area contributed by atoms with Gasteiger partial charge in [0.1, 0.15) is 17.3 Å². The Labute approximate surface area is 117 Å². The molecule has 0 amide bonds. The molecule has 0 radical (unpaired) electrons. The van der Waals surface area contributed by atoms with Gasteiger partial charge in [-0.05, 0) is 27.0 Å². The van der Waals surface area contributed by atoms with Crippen LogP contribution in [0.5, 0.6) is 0 Å². The van der Waals surface area contributed by atoms with Crippen molar-refractivity contribution in [1.29, 1.82) is 0 Å². The molecule has 4 nitrogen and oxygen atoms in total. The van der Waals surface area contributed by atoms with Gasteiger partial charge in [-0.25, -0.2) is 4.39 Å². The Morgan fingerprint density at radius 1 is 1.50 bits per heavy atom. The summed E-state index contributed by atoms with van der Waals surface area (Å²) >= 11 is 0. The van der Waals surface area contributed by atoms with E-state index in [0.29, 0.717) is 5.56 Å². The van der Waals surface area contributed by atoms with Crippen molar-refractivity contribution in [3.8, 4) is 0 Å². The zero-order valence-corrected chi connectivity index (χ0v) is 11.9. The van der Waals surface area contributed by atoms with Crippen LogP contribution < -0.4 is 0 Å². The highest BCUT2D eigenvalue weighted by molar-refractivity contribution is 6.06. The second-order valence-corrected chi connectivity index (χ2v) is 5.10. The Balaban J connectivity index is 2.40. The molecule has 1 aromatic rings. The first-order chi connectivity index (χ1) is 9.42. The SMILES string of the molecule is CCOC(=O)C1CN(C)C(C)(c2ccccc2F)C1=O. The highest BCUT2D eigenvalue weighted by Crippen LogP contribution is 2.38. The van der Waals surface area contributed by atoms with E-state index >= 15 is 0 Å². The minimum atomic E-state index is -1.14. The quantitative estimate of drug-likeness (QED) is 0.624. The summed E-state index contributed by atoms with van der Waals surface area (Å²) in [5, 5.41) is 0. The Morgan fingerprint density at radius 3 is 2.75 bits per heavy atom. The maximum atomic E-state index is 14.0. The first-order valence-corrected chi connectivity index (χ1v) is 6.60. The number of ether oxygens (including phenoxy) is 1. The normalized spacial score (nSPS) is 26.8. The number of carbonyl (C=O) groups excluding carboxylic acids is 2.